The Bertz CT molecular complexity index is 681. The second-order valence-electron chi connectivity index (χ2n) is 5.96. The molecular weight excluding hydrogens is 276 g/mol. The molecule has 0 N–H and O–H groups in total. The average molecular weight is 296 g/mol. The Balaban J connectivity index is 1.92. The number of methoxy groups -OCH3 is 2. The van der Waals surface area contributed by atoms with E-state index in [0.717, 1.165) is 24.5 Å². The number of fused-ring (bicyclic) bond motifs is 3. The normalized spacial score (nSPS) is 25.6. The van der Waals surface area contributed by atoms with Gasteiger partial charge in [-0.2, -0.15) is 0 Å². The summed E-state index contributed by atoms with van der Waals surface area (Å²) in [5, 5.41) is 0. The van der Waals surface area contributed by atoms with E-state index in [1.807, 2.05) is 6.07 Å². The minimum Gasteiger partial charge on any atom is -0.497 e. The number of benzene rings is 2. The second-order valence-corrected chi connectivity index (χ2v) is 5.96. The van der Waals surface area contributed by atoms with Crippen LogP contribution in [-0.4, -0.2) is 20.8 Å². The Hall–Kier alpha value is -2.00. The lowest BCUT2D eigenvalue weighted by Gasteiger charge is -2.20. The van der Waals surface area contributed by atoms with Crippen molar-refractivity contribution in [2.75, 3.05) is 20.8 Å². The summed E-state index contributed by atoms with van der Waals surface area (Å²) in [5.41, 5.74) is 3.84. The van der Waals surface area contributed by atoms with Crippen LogP contribution in [0.3, 0.4) is 0 Å². The van der Waals surface area contributed by atoms with Gasteiger partial charge in [-0.1, -0.05) is 30.3 Å². The zero-order valence-corrected chi connectivity index (χ0v) is 12.9. The molecule has 3 heteroatoms. The summed E-state index contributed by atoms with van der Waals surface area (Å²) in [5.74, 6) is 2.56. The maximum absolute atomic E-state index is 6.04. The standard InChI is InChI=1S/C19H20O3/c1-20-13-10-15-18(16(11-13)21-2)17(12-6-4-3-5-7-12)14-8-9-22-19(14)15/h3-7,10-11,14,17,19H,8-9H2,1-2H3. The van der Waals surface area contributed by atoms with Crippen LogP contribution in [-0.2, 0) is 4.74 Å². The summed E-state index contributed by atoms with van der Waals surface area (Å²) >= 11 is 0. The van der Waals surface area contributed by atoms with Crippen LogP contribution in [0.1, 0.15) is 35.1 Å². The van der Waals surface area contributed by atoms with Crippen LogP contribution >= 0.6 is 0 Å². The summed E-state index contributed by atoms with van der Waals surface area (Å²) in [7, 11) is 3.42. The van der Waals surface area contributed by atoms with Crippen molar-refractivity contribution < 1.29 is 14.2 Å². The highest BCUT2D eigenvalue weighted by atomic mass is 16.5. The van der Waals surface area contributed by atoms with Crippen molar-refractivity contribution in [3.8, 4) is 11.5 Å². The summed E-state index contributed by atoms with van der Waals surface area (Å²) < 4.78 is 17.2. The molecule has 0 bridgehead atoms. The van der Waals surface area contributed by atoms with Crippen molar-refractivity contribution in [1.29, 1.82) is 0 Å². The van der Waals surface area contributed by atoms with Gasteiger partial charge in [-0.05, 0) is 23.6 Å². The zero-order chi connectivity index (χ0) is 15.1. The van der Waals surface area contributed by atoms with Gasteiger partial charge in [-0.15, -0.1) is 0 Å². The Morgan fingerprint density at radius 1 is 1.05 bits per heavy atom. The van der Waals surface area contributed by atoms with E-state index in [9.17, 15) is 0 Å². The molecule has 4 rings (SSSR count). The quantitative estimate of drug-likeness (QED) is 0.859. The average Bonchev–Trinajstić information content (AvgIpc) is 3.15. The lowest BCUT2D eigenvalue weighted by molar-refractivity contribution is 0.0967. The van der Waals surface area contributed by atoms with Crippen molar-refractivity contribution in [2.45, 2.75) is 18.4 Å². The minimum absolute atomic E-state index is 0.157. The SMILES string of the molecule is COc1cc(OC)c2c(c1)C1OCCC1C2c1ccccc1. The fourth-order valence-electron chi connectivity index (χ4n) is 4.03. The molecule has 2 aliphatic rings. The summed E-state index contributed by atoms with van der Waals surface area (Å²) in [6.07, 6.45) is 1.24. The van der Waals surface area contributed by atoms with Crippen molar-refractivity contribution in [3.05, 3.63) is 59.2 Å². The van der Waals surface area contributed by atoms with Crippen LogP contribution in [0.4, 0.5) is 0 Å². The molecule has 22 heavy (non-hydrogen) atoms. The van der Waals surface area contributed by atoms with Gasteiger partial charge in [0.1, 0.15) is 11.5 Å². The lowest BCUT2D eigenvalue weighted by atomic mass is 9.84. The predicted molar refractivity (Wildman–Crippen MR) is 84.6 cm³/mol. The fraction of sp³-hybridized carbons (Fsp3) is 0.368. The third-order valence-electron chi connectivity index (χ3n) is 4.95. The van der Waals surface area contributed by atoms with Gasteiger partial charge < -0.3 is 14.2 Å². The van der Waals surface area contributed by atoms with Gasteiger partial charge in [-0.25, -0.2) is 0 Å². The van der Waals surface area contributed by atoms with Crippen molar-refractivity contribution in [3.63, 3.8) is 0 Å². The van der Waals surface area contributed by atoms with Crippen LogP contribution in [0.25, 0.3) is 0 Å². The smallest absolute Gasteiger partial charge is 0.126 e. The molecule has 0 spiro atoms. The van der Waals surface area contributed by atoms with E-state index in [4.69, 9.17) is 14.2 Å². The lowest BCUT2D eigenvalue weighted by Crippen LogP contribution is -2.09. The first-order valence-electron chi connectivity index (χ1n) is 7.76. The second kappa shape index (κ2) is 5.33. The molecule has 0 aromatic heterocycles. The van der Waals surface area contributed by atoms with Crippen LogP contribution in [0.2, 0.25) is 0 Å². The van der Waals surface area contributed by atoms with Gasteiger partial charge in [0.25, 0.3) is 0 Å². The van der Waals surface area contributed by atoms with Crippen LogP contribution in [0, 0.1) is 5.92 Å². The highest BCUT2D eigenvalue weighted by Crippen LogP contribution is 2.57. The van der Waals surface area contributed by atoms with Crippen LogP contribution in [0.15, 0.2) is 42.5 Å². The van der Waals surface area contributed by atoms with E-state index in [2.05, 4.69) is 36.4 Å². The topological polar surface area (TPSA) is 27.7 Å². The number of hydrogen-bond acceptors (Lipinski definition) is 3. The Morgan fingerprint density at radius 3 is 2.59 bits per heavy atom. The summed E-state index contributed by atoms with van der Waals surface area (Å²) in [4.78, 5) is 0. The molecule has 0 saturated carbocycles. The molecule has 2 aromatic rings. The third kappa shape index (κ3) is 1.92. The molecular formula is C19H20O3. The van der Waals surface area contributed by atoms with Crippen LogP contribution in [0.5, 0.6) is 11.5 Å². The molecule has 1 aliphatic heterocycles. The Labute approximate surface area is 130 Å². The molecule has 0 amide bonds. The van der Waals surface area contributed by atoms with Gasteiger partial charge in [-0.3, -0.25) is 0 Å². The fourth-order valence-corrected chi connectivity index (χ4v) is 4.03. The van der Waals surface area contributed by atoms with Crippen molar-refractivity contribution in [1.82, 2.24) is 0 Å². The van der Waals surface area contributed by atoms with E-state index in [1.165, 1.54) is 16.7 Å². The molecule has 1 aliphatic carbocycles. The van der Waals surface area contributed by atoms with E-state index >= 15 is 0 Å². The zero-order valence-electron chi connectivity index (χ0n) is 12.9. The first kappa shape index (κ1) is 13.6. The highest BCUT2D eigenvalue weighted by molar-refractivity contribution is 5.56. The van der Waals surface area contributed by atoms with Crippen LogP contribution < -0.4 is 9.47 Å². The van der Waals surface area contributed by atoms with E-state index in [0.29, 0.717) is 11.8 Å². The largest absolute Gasteiger partial charge is 0.497 e. The van der Waals surface area contributed by atoms with Gasteiger partial charge in [0, 0.05) is 30.1 Å². The predicted octanol–water partition coefficient (Wildman–Crippen LogP) is 3.93. The number of rotatable bonds is 3. The number of hydrogen-bond donors (Lipinski definition) is 0. The molecule has 2 aromatic carbocycles. The maximum Gasteiger partial charge on any atom is 0.126 e. The highest BCUT2D eigenvalue weighted by Gasteiger charge is 2.46. The molecule has 0 radical (unpaired) electrons. The first-order chi connectivity index (χ1) is 10.8. The van der Waals surface area contributed by atoms with E-state index in [-0.39, 0.29) is 6.10 Å². The molecule has 1 heterocycles. The molecule has 3 unspecified atom stereocenters. The van der Waals surface area contributed by atoms with E-state index in [1.54, 1.807) is 14.2 Å². The summed E-state index contributed by atoms with van der Waals surface area (Å²) in [6.45, 7) is 0.831. The maximum atomic E-state index is 6.04. The summed E-state index contributed by atoms with van der Waals surface area (Å²) in [6, 6.07) is 14.8. The van der Waals surface area contributed by atoms with Gasteiger partial charge >= 0.3 is 0 Å². The third-order valence-corrected chi connectivity index (χ3v) is 4.95. The van der Waals surface area contributed by atoms with Gasteiger partial charge in [0.2, 0.25) is 0 Å². The molecule has 1 saturated heterocycles. The van der Waals surface area contributed by atoms with Gasteiger partial charge in [0.05, 0.1) is 20.3 Å². The number of ether oxygens (including phenoxy) is 3. The monoisotopic (exact) mass is 296 g/mol. The van der Waals surface area contributed by atoms with E-state index < -0.39 is 0 Å². The van der Waals surface area contributed by atoms with Gasteiger partial charge in [0.15, 0.2) is 0 Å². The molecule has 114 valence electrons. The first-order valence-corrected chi connectivity index (χ1v) is 7.76. The molecule has 3 nitrogen and oxygen atoms in total. The Morgan fingerprint density at radius 2 is 1.86 bits per heavy atom. The molecule has 1 fully saturated rings. The Kier molecular flexibility index (Phi) is 3.30. The minimum atomic E-state index is 0.157. The van der Waals surface area contributed by atoms with Crippen molar-refractivity contribution >= 4 is 0 Å². The molecule has 3 atom stereocenters. The van der Waals surface area contributed by atoms with Crippen molar-refractivity contribution in [2.24, 2.45) is 5.92 Å².